The van der Waals surface area contributed by atoms with Crippen molar-refractivity contribution in [3.05, 3.63) is 58.4 Å². The van der Waals surface area contributed by atoms with Gasteiger partial charge in [0.25, 0.3) is 5.91 Å². The van der Waals surface area contributed by atoms with Crippen LogP contribution in [0, 0.1) is 12.7 Å². The van der Waals surface area contributed by atoms with Gasteiger partial charge < -0.3 is 11.1 Å². The van der Waals surface area contributed by atoms with Crippen LogP contribution in [-0.2, 0) is 0 Å². The SMILES string of the molecule is Cc1ccc(F)c(NC(=O)c2ccc(N)c(Cl)c2)c1. The fourth-order valence-corrected chi connectivity index (χ4v) is 1.78. The molecule has 0 aliphatic heterocycles. The number of hydrogen-bond donors (Lipinski definition) is 2. The topological polar surface area (TPSA) is 55.1 Å². The lowest BCUT2D eigenvalue weighted by Crippen LogP contribution is -2.13. The maximum atomic E-state index is 13.5. The van der Waals surface area contributed by atoms with E-state index < -0.39 is 11.7 Å². The van der Waals surface area contributed by atoms with Gasteiger partial charge in [0.05, 0.1) is 16.4 Å². The molecule has 2 rings (SSSR count). The summed E-state index contributed by atoms with van der Waals surface area (Å²) in [6.45, 7) is 1.81. The molecule has 0 radical (unpaired) electrons. The fraction of sp³-hybridized carbons (Fsp3) is 0.0714. The summed E-state index contributed by atoms with van der Waals surface area (Å²) >= 11 is 5.84. The van der Waals surface area contributed by atoms with Crippen molar-refractivity contribution in [3.63, 3.8) is 0 Å². The Labute approximate surface area is 115 Å². The number of benzene rings is 2. The summed E-state index contributed by atoms with van der Waals surface area (Å²) in [4.78, 5) is 12.0. The molecule has 3 N–H and O–H groups in total. The summed E-state index contributed by atoms with van der Waals surface area (Å²) in [5.74, 6) is -0.924. The second kappa shape index (κ2) is 5.28. The van der Waals surface area contributed by atoms with E-state index >= 15 is 0 Å². The maximum Gasteiger partial charge on any atom is 0.255 e. The molecule has 0 bridgehead atoms. The van der Waals surface area contributed by atoms with Crippen LogP contribution in [0.1, 0.15) is 15.9 Å². The Morgan fingerprint density at radius 3 is 2.68 bits per heavy atom. The first-order chi connectivity index (χ1) is 8.97. The maximum absolute atomic E-state index is 13.5. The number of rotatable bonds is 2. The van der Waals surface area contributed by atoms with E-state index in [4.69, 9.17) is 17.3 Å². The summed E-state index contributed by atoms with van der Waals surface area (Å²) in [5, 5.41) is 2.79. The molecule has 0 aromatic heterocycles. The van der Waals surface area contributed by atoms with Crippen LogP contribution in [0.25, 0.3) is 0 Å². The first-order valence-electron chi connectivity index (χ1n) is 5.60. The van der Waals surface area contributed by atoms with E-state index in [1.807, 2.05) is 6.92 Å². The average Bonchev–Trinajstić information content (AvgIpc) is 2.37. The molecular weight excluding hydrogens is 267 g/mol. The number of carbonyl (C=O) groups is 1. The van der Waals surface area contributed by atoms with E-state index in [9.17, 15) is 9.18 Å². The number of nitrogens with one attached hydrogen (secondary N) is 1. The van der Waals surface area contributed by atoms with Crippen molar-refractivity contribution in [2.24, 2.45) is 0 Å². The zero-order valence-electron chi connectivity index (χ0n) is 10.2. The van der Waals surface area contributed by atoms with Gasteiger partial charge in [0.15, 0.2) is 0 Å². The van der Waals surface area contributed by atoms with Gasteiger partial charge in [-0.15, -0.1) is 0 Å². The van der Waals surface area contributed by atoms with Gasteiger partial charge in [-0.25, -0.2) is 4.39 Å². The number of halogens is 2. The van der Waals surface area contributed by atoms with E-state index in [-0.39, 0.29) is 10.7 Å². The summed E-state index contributed by atoms with van der Waals surface area (Å²) in [6, 6.07) is 9.01. The minimum atomic E-state index is -0.486. The first-order valence-corrected chi connectivity index (χ1v) is 5.97. The molecule has 0 unspecified atom stereocenters. The Balaban J connectivity index is 2.25. The zero-order valence-corrected chi connectivity index (χ0v) is 11.0. The molecule has 98 valence electrons. The van der Waals surface area contributed by atoms with Gasteiger partial charge in [0.2, 0.25) is 0 Å². The van der Waals surface area contributed by atoms with Gasteiger partial charge in [-0.2, -0.15) is 0 Å². The molecule has 2 aromatic carbocycles. The largest absolute Gasteiger partial charge is 0.398 e. The van der Waals surface area contributed by atoms with Crippen LogP contribution >= 0.6 is 11.6 Å². The summed E-state index contributed by atoms with van der Waals surface area (Å²) in [6.07, 6.45) is 0. The number of anilines is 2. The van der Waals surface area contributed by atoms with Gasteiger partial charge in [-0.3, -0.25) is 4.79 Å². The highest BCUT2D eigenvalue weighted by molar-refractivity contribution is 6.33. The molecular formula is C14H12ClFN2O. The van der Waals surface area contributed by atoms with Crippen LogP contribution < -0.4 is 11.1 Å². The van der Waals surface area contributed by atoms with Crippen LogP contribution in [-0.4, -0.2) is 5.91 Å². The Morgan fingerprint density at radius 2 is 2.00 bits per heavy atom. The predicted octanol–water partition coefficient (Wildman–Crippen LogP) is 3.62. The third-order valence-electron chi connectivity index (χ3n) is 2.63. The molecule has 0 aliphatic carbocycles. The Bertz CT molecular complexity index is 643. The van der Waals surface area contributed by atoms with Crippen molar-refractivity contribution in [1.82, 2.24) is 0 Å². The van der Waals surface area contributed by atoms with E-state index in [0.717, 1.165) is 5.56 Å². The van der Waals surface area contributed by atoms with Crippen molar-refractivity contribution < 1.29 is 9.18 Å². The van der Waals surface area contributed by atoms with Gasteiger partial charge in [-0.1, -0.05) is 17.7 Å². The number of hydrogen-bond acceptors (Lipinski definition) is 2. The highest BCUT2D eigenvalue weighted by Crippen LogP contribution is 2.21. The van der Waals surface area contributed by atoms with Gasteiger partial charge in [0, 0.05) is 5.56 Å². The lowest BCUT2D eigenvalue weighted by molar-refractivity contribution is 0.102. The van der Waals surface area contributed by atoms with E-state index in [1.54, 1.807) is 12.1 Å². The summed E-state index contributed by atoms with van der Waals surface area (Å²) in [5.41, 5.74) is 7.26. The third kappa shape index (κ3) is 3.03. The number of amides is 1. The Hall–Kier alpha value is -2.07. The number of aryl methyl sites for hydroxylation is 1. The highest BCUT2D eigenvalue weighted by Gasteiger charge is 2.10. The molecule has 0 atom stereocenters. The molecule has 0 fully saturated rings. The molecule has 0 heterocycles. The summed E-state index contributed by atoms with van der Waals surface area (Å²) in [7, 11) is 0. The lowest BCUT2D eigenvalue weighted by Gasteiger charge is -2.08. The number of nitrogen functional groups attached to an aromatic ring is 1. The molecule has 1 amide bonds. The predicted molar refractivity (Wildman–Crippen MR) is 75.0 cm³/mol. The molecule has 0 saturated heterocycles. The molecule has 0 aliphatic rings. The minimum absolute atomic E-state index is 0.137. The average molecular weight is 279 g/mol. The van der Waals surface area contributed by atoms with E-state index in [1.165, 1.54) is 24.3 Å². The third-order valence-corrected chi connectivity index (χ3v) is 2.96. The second-order valence-corrected chi connectivity index (χ2v) is 4.58. The Morgan fingerprint density at radius 1 is 1.26 bits per heavy atom. The second-order valence-electron chi connectivity index (χ2n) is 4.17. The molecule has 5 heteroatoms. The Kier molecular flexibility index (Phi) is 3.71. The smallest absolute Gasteiger partial charge is 0.255 e. The minimum Gasteiger partial charge on any atom is -0.398 e. The van der Waals surface area contributed by atoms with E-state index in [0.29, 0.717) is 11.3 Å². The number of nitrogens with two attached hydrogens (primary N) is 1. The van der Waals surface area contributed by atoms with Crippen molar-refractivity contribution in [2.75, 3.05) is 11.1 Å². The lowest BCUT2D eigenvalue weighted by atomic mass is 10.1. The van der Waals surface area contributed by atoms with E-state index in [2.05, 4.69) is 5.32 Å². The molecule has 2 aromatic rings. The number of carbonyl (C=O) groups excluding carboxylic acids is 1. The van der Waals surface area contributed by atoms with Crippen LogP contribution in [0.4, 0.5) is 15.8 Å². The summed E-state index contributed by atoms with van der Waals surface area (Å²) < 4.78 is 13.5. The standard InChI is InChI=1S/C14H12ClFN2O/c1-8-2-4-11(16)13(6-8)18-14(19)9-3-5-12(17)10(15)7-9/h2-7H,17H2,1H3,(H,18,19). The van der Waals surface area contributed by atoms with Crippen molar-refractivity contribution in [1.29, 1.82) is 0 Å². The van der Waals surface area contributed by atoms with Crippen LogP contribution in [0.5, 0.6) is 0 Å². The monoisotopic (exact) mass is 278 g/mol. The normalized spacial score (nSPS) is 10.3. The van der Waals surface area contributed by atoms with Gasteiger partial charge in [0.1, 0.15) is 5.82 Å². The highest BCUT2D eigenvalue weighted by atomic mass is 35.5. The fourth-order valence-electron chi connectivity index (χ4n) is 1.60. The molecule has 0 spiro atoms. The molecule has 0 saturated carbocycles. The molecule has 3 nitrogen and oxygen atoms in total. The van der Waals surface area contributed by atoms with Gasteiger partial charge >= 0.3 is 0 Å². The first kappa shape index (κ1) is 13.4. The van der Waals surface area contributed by atoms with Crippen LogP contribution in [0.15, 0.2) is 36.4 Å². The molecule has 19 heavy (non-hydrogen) atoms. The van der Waals surface area contributed by atoms with Crippen LogP contribution in [0.3, 0.4) is 0 Å². The van der Waals surface area contributed by atoms with Crippen LogP contribution in [0.2, 0.25) is 5.02 Å². The quantitative estimate of drug-likeness (QED) is 0.824. The van der Waals surface area contributed by atoms with Gasteiger partial charge in [-0.05, 0) is 42.8 Å². The van der Waals surface area contributed by atoms with Crippen molar-refractivity contribution in [2.45, 2.75) is 6.92 Å². The zero-order chi connectivity index (χ0) is 14.0. The van der Waals surface area contributed by atoms with Crippen molar-refractivity contribution >= 4 is 28.9 Å². The van der Waals surface area contributed by atoms with Crippen molar-refractivity contribution in [3.8, 4) is 0 Å².